The van der Waals surface area contributed by atoms with Gasteiger partial charge in [-0.15, -0.1) is 0 Å². The Bertz CT molecular complexity index is 380. The summed E-state index contributed by atoms with van der Waals surface area (Å²) in [6, 6.07) is 1.72. The summed E-state index contributed by atoms with van der Waals surface area (Å²) < 4.78 is 25.6. The molecule has 16 heavy (non-hydrogen) atoms. The Kier molecular flexibility index (Phi) is 3.42. The first-order valence-electron chi connectivity index (χ1n) is 5.28. The lowest BCUT2D eigenvalue weighted by Crippen LogP contribution is -2.18. The number of rotatable bonds is 4. The van der Waals surface area contributed by atoms with E-state index in [1.165, 1.54) is 25.1 Å². The van der Waals surface area contributed by atoms with Gasteiger partial charge in [-0.3, -0.25) is 0 Å². The maximum Gasteiger partial charge on any atom is 0.265 e. The van der Waals surface area contributed by atoms with Gasteiger partial charge >= 0.3 is 0 Å². The van der Waals surface area contributed by atoms with Crippen molar-refractivity contribution in [3.63, 3.8) is 0 Å². The summed E-state index contributed by atoms with van der Waals surface area (Å²) in [7, 11) is 0. The Hall–Kier alpha value is -0.710. The summed E-state index contributed by atoms with van der Waals surface area (Å²) >= 11 is 3.07. The molecule has 1 aromatic rings. The van der Waals surface area contributed by atoms with Crippen LogP contribution in [-0.4, -0.2) is 11.0 Å². The summed E-state index contributed by atoms with van der Waals surface area (Å²) in [4.78, 5) is 4.08. The molecule has 1 N–H and O–H groups in total. The first-order valence-corrected chi connectivity index (χ1v) is 6.07. The fourth-order valence-corrected chi connectivity index (χ4v) is 2.04. The van der Waals surface area contributed by atoms with Crippen molar-refractivity contribution in [1.29, 1.82) is 0 Å². The number of anilines is 1. The van der Waals surface area contributed by atoms with Gasteiger partial charge in [0.15, 0.2) is 0 Å². The predicted octanol–water partition coefficient (Wildman–Crippen LogP) is 3.99. The summed E-state index contributed by atoms with van der Waals surface area (Å²) in [6.45, 7) is 2.06. The van der Waals surface area contributed by atoms with E-state index in [1.54, 1.807) is 0 Å². The van der Waals surface area contributed by atoms with Crippen LogP contribution in [0.1, 0.15) is 31.8 Å². The lowest BCUT2D eigenvalue weighted by atomic mass is 10.2. The van der Waals surface area contributed by atoms with Crippen molar-refractivity contribution in [2.24, 2.45) is 5.92 Å². The number of halogens is 3. The summed E-state index contributed by atoms with van der Waals surface area (Å²) in [5, 5.41) is 3.16. The second kappa shape index (κ2) is 4.65. The van der Waals surface area contributed by atoms with Crippen LogP contribution in [0.5, 0.6) is 0 Å². The smallest absolute Gasteiger partial charge is 0.265 e. The molecule has 0 aliphatic heterocycles. The van der Waals surface area contributed by atoms with Gasteiger partial charge in [0.05, 0.1) is 0 Å². The molecule has 1 atom stereocenters. The molecule has 0 aromatic carbocycles. The lowest BCUT2D eigenvalue weighted by molar-refractivity contribution is 0.150. The summed E-state index contributed by atoms with van der Waals surface area (Å²) in [5.74, 6) is 1.19. The fraction of sp³-hybridized carbons (Fsp3) is 0.545. The summed E-state index contributed by atoms with van der Waals surface area (Å²) in [5.41, 5.74) is -0.0134. The molecule has 1 saturated carbocycles. The number of alkyl halides is 2. The van der Waals surface area contributed by atoms with Crippen LogP contribution >= 0.6 is 15.9 Å². The average Bonchev–Trinajstić information content (AvgIpc) is 3.03. The van der Waals surface area contributed by atoms with Crippen LogP contribution in [0.2, 0.25) is 0 Å². The quantitative estimate of drug-likeness (QED) is 0.907. The van der Waals surface area contributed by atoms with Gasteiger partial charge in [-0.1, -0.05) is 0 Å². The Labute approximate surface area is 102 Å². The minimum atomic E-state index is -2.48. The number of hydrogen-bond donors (Lipinski definition) is 1. The third-order valence-corrected chi connectivity index (χ3v) is 3.49. The molecule has 0 spiro atoms. The first kappa shape index (κ1) is 11.8. The fourth-order valence-electron chi connectivity index (χ4n) is 1.65. The van der Waals surface area contributed by atoms with Gasteiger partial charge in [-0.25, -0.2) is 13.8 Å². The zero-order valence-corrected chi connectivity index (χ0v) is 10.5. The molecule has 2 nitrogen and oxygen atoms in total. The molecule has 0 amide bonds. The predicted molar refractivity (Wildman–Crippen MR) is 62.7 cm³/mol. The van der Waals surface area contributed by atoms with E-state index in [2.05, 4.69) is 33.2 Å². The molecule has 0 unspecified atom stereocenters. The standard InChI is InChI=1S/C11H13BrF2N2/c1-6(7-2-3-7)16-10-4-8(11(13)14)9(12)5-15-10/h4-7,11H,2-3H2,1H3,(H,15,16)/t6-/m0/s1. The first-order chi connectivity index (χ1) is 7.58. The van der Waals surface area contributed by atoms with Crippen LogP contribution < -0.4 is 5.32 Å². The third kappa shape index (κ3) is 2.70. The van der Waals surface area contributed by atoms with Gasteiger partial charge in [0.25, 0.3) is 6.43 Å². The third-order valence-electron chi connectivity index (χ3n) is 2.82. The lowest BCUT2D eigenvalue weighted by Gasteiger charge is -2.14. The van der Waals surface area contributed by atoms with Crippen molar-refractivity contribution in [3.8, 4) is 0 Å². The van der Waals surface area contributed by atoms with E-state index in [0.717, 1.165) is 0 Å². The monoisotopic (exact) mass is 290 g/mol. The van der Waals surface area contributed by atoms with E-state index in [4.69, 9.17) is 0 Å². The maximum absolute atomic E-state index is 12.6. The van der Waals surface area contributed by atoms with E-state index in [-0.39, 0.29) is 5.56 Å². The van der Waals surface area contributed by atoms with Gasteiger partial charge in [0.1, 0.15) is 5.82 Å². The Morgan fingerprint density at radius 1 is 1.50 bits per heavy atom. The molecule has 5 heteroatoms. The average molecular weight is 291 g/mol. The van der Waals surface area contributed by atoms with Crippen LogP contribution in [0, 0.1) is 5.92 Å². The highest BCUT2D eigenvalue weighted by Crippen LogP contribution is 2.34. The topological polar surface area (TPSA) is 24.9 Å². The van der Waals surface area contributed by atoms with Gasteiger partial charge in [-0.2, -0.15) is 0 Å². The second-order valence-corrected chi connectivity index (χ2v) is 5.02. The maximum atomic E-state index is 12.6. The number of aromatic nitrogens is 1. The highest BCUT2D eigenvalue weighted by molar-refractivity contribution is 9.10. The Balaban J connectivity index is 2.11. The molecule has 2 rings (SSSR count). The highest BCUT2D eigenvalue weighted by Gasteiger charge is 2.28. The zero-order chi connectivity index (χ0) is 11.7. The number of nitrogens with zero attached hydrogens (tertiary/aromatic N) is 1. The molecule has 1 aromatic heterocycles. The molecule has 1 fully saturated rings. The van der Waals surface area contributed by atoms with Crippen molar-refractivity contribution in [3.05, 3.63) is 22.3 Å². The molecule has 1 aliphatic carbocycles. The van der Waals surface area contributed by atoms with Crippen LogP contribution in [0.3, 0.4) is 0 Å². The highest BCUT2D eigenvalue weighted by atomic mass is 79.9. The molecule has 1 aliphatic rings. The van der Waals surface area contributed by atoms with E-state index < -0.39 is 6.43 Å². The zero-order valence-electron chi connectivity index (χ0n) is 8.88. The van der Waals surface area contributed by atoms with Gasteiger partial charge in [0, 0.05) is 22.3 Å². The van der Waals surface area contributed by atoms with E-state index in [0.29, 0.717) is 22.3 Å². The normalized spacial score (nSPS) is 17.6. The minimum absolute atomic E-state index is 0.0134. The number of nitrogens with one attached hydrogen (secondary N) is 1. The van der Waals surface area contributed by atoms with Crippen LogP contribution in [-0.2, 0) is 0 Å². The molecular weight excluding hydrogens is 278 g/mol. The van der Waals surface area contributed by atoms with Crippen molar-refractivity contribution in [1.82, 2.24) is 4.98 Å². The van der Waals surface area contributed by atoms with Crippen LogP contribution in [0.4, 0.5) is 14.6 Å². The molecule has 0 bridgehead atoms. The van der Waals surface area contributed by atoms with E-state index in [9.17, 15) is 8.78 Å². The molecule has 0 saturated heterocycles. The van der Waals surface area contributed by atoms with Crippen molar-refractivity contribution in [2.45, 2.75) is 32.2 Å². The Morgan fingerprint density at radius 3 is 2.75 bits per heavy atom. The van der Waals surface area contributed by atoms with Gasteiger partial charge < -0.3 is 5.32 Å². The van der Waals surface area contributed by atoms with Crippen LogP contribution in [0.25, 0.3) is 0 Å². The van der Waals surface area contributed by atoms with Gasteiger partial charge in [-0.05, 0) is 47.7 Å². The molecule has 1 heterocycles. The van der Waals surface area contributed by atoms with Crippen LogP contribution in [0.15, 0.2) is 16.7 Å². The van der Waals surface area contributed by atoms with E-state index in [1.807, 2.05) is 0 Å². The number of pyridine rings is 1. The van der Waals surface area contributed by atoms with E-state index >= 15 is 0 Å². The van der Waals surface area contributed by atoms with Gasteiger partial charge in [0.2, 0.25) is 0 Å². The largest absolute Gasteiger partial charge is 0.367 e. The van der Waals surface area contributed by atoms with Crippen molar-refractivity contribution >= 4 is 21.7 Å². The number of hydrogen-bond acceptors (Lipinski definition) is 2. The Morgan fingerprint density at radius 2 is 2.19 bits per heavy atom. The van der Waals surface area contributed by atoms with Crippen molar-refractivity contribution < 1.29 is 8.78 Å². The molecular formula is C11H13BrF2N2. The van der Waals surface area contributed by atoms with Crippen molar-refractivity contribution in [2.75, 3.05) is 5.32 Å². The molecule has 88 valence electrons. The second-order valence-electron chi connectivity index (χ2n) is 4.16. The SMILES string of the molecule is C[C@H](Nc1cc(C(F)F)c(Br)cn1)C1CC1. The minimum Gasteiger partial charge on any atom is -0.367 e. The molecule has 0 radical (unpaired) electrons. The summed E-state index contributed by atoms with van der Waals surface area (Å²) in [6.07, 6.45) is 1.37.